The van der Waals surface area contributed by atoms with Gasteiger partial charge in [0.1, 0.15) is 5.75 Å². The maximum Gasteiger partial charge on any atom is 0.263 e. The summed E-state index contributed by atoms with van der Waals surface area (Å²) in [5.74, 6) is 0.500. The molecule has 7 nitrogen and oxygen atoms in total. The maximum absolute atomic E-state index is 12.4. The van der Waals surface area contributed by atoms with E-state index in [0.29, 0.717) is 11.4 Å². The summed E-state index contributed by atoms with van der Waals surface area (Å²) in [6, 6.07) is 6.34. The minimum absolute atomic E-state index is 0.0771. The first kappa shape index (κ1) is 18.7. The molecule has 26 heavy (non-hydrogen) atoms. The van der Waals surface area contributed by atoms with E-state index >= 15 is 0 Å². The van der Waals surface area contributed by atoms with Crippen molar-refractivity contribution < 1.29 is 17.9 Å². The Kier molecular flexibility index (Phi) is 5.77. The first-order valence-corrected chi connectivity index (χ1v) is 10.7. The van der Waals surface area contributed by atoms with Gasteiger partial charge < -0.3 is 10.1 Å². The molecule has 2 N–H and O–H groups in total. The lowest BCUT2D eigenvalue weighted by Crippen LogP contribution is -2.33. The molecule has 0 unspecified atom stereocenters. The Morgan fingerprint density at radius 1 is 1.27 bits per heavy atom. The maximum atomic E-state index is 12.4. The predicted molar refractivity (Wildman–Crippen MR) is 100 cm³/mol. The Morgan fingerprint density at radius 2 is 1.96 bits per heavy atom. The molecule has 1 fully saturated rings. The third-order valence-electron chi connectivity index (χ3n) is 4.21. The zero-order chi connectivity index (χ0) is 18.6. The number of rotatable bonds is 7. The second kappa shape index (κ2) is 8.05. The van der Waals surface area contributed by atoms with Crippen LogP contribution in [-0.2, 0) is 21.2 Å². The molecule has 2 aromatic rings. The number of hydrogen-bond donors (Lipinski definition) is 2. The lowest BCUT2D eigenvalue weighted by molar-refractivity contribution is -0.121. The van der Waals surface area contributed by atoms with E-state index in [9.17, 15) is 13.2 Å². The first-order valence-electron chi connectivity index (χ1n) is 8.37. The molecule has 1 amide bonds. The lowest BCUT2D eigenvalue weighted by Gasteiger charge is -2.10. The molecule has 0 saturated heterocycles. The van der Waals surface area contributed by atoms with E-state index in [1.165, 1.54) is 19.2 Å². The monoisotopic (exact) mass is 395 g/mol. The highest BCUT2D eigenvalue weighted by molar-refractivity contribution is 7.93. The quantitative estimate of drug-likeness (QED) is 0.751. The van der Waals surface area contributed by atoms with Crippen molar-refractivity contribution in [2.45, 2.75) is 43.0 Å². The number of thiazole rings is 1. The van der Waals surface area contributed by atoms with Crippen molar-refractivity contribution in [1.29, 1.82) is 0 Å². The molecule has 1 aromatic heterocycles. The van der Waals surface area contributed by atoms with E-state index in [-0.39, 0.29) is 28.4 Å². The number of methoxy groups -OCH3 is 1. The fraction of sp³-hybridized carbons (Fsp3) is 0.412. The minimum atomic E-state index is -3.73. The predicted octanol–water partition coefficient (Wildman–Crippen LogP) is 2.55. The fourth-order valence-electron chi connectivity index (χ4n) is 2.88. The van der Waals surface area contributed by atoms with Crippen LogP contribution in [0.1, 0.15) is 31.4 Å². The lowest BCUT2D eigenvalue weighted by atomic mass is 10.2. The number of anilines is 1. The zero-order valence-corrected chi connectivity index (χ0v) is 16.0. The van der Waals surface area contributed by atoms with Crippen LogP contribution in [0.4, 0.5) is 5.13 Å². The zero-order valence-electron chi connectivity index (χ0n) is 14.4. The largest absolute Gasteiger partial charge is 0.497 e. The van der Waals surface area contributed by atoms with Gasteiger partial charge in [0.05, 0.1) is 24.1 Å². The number of nitrogens with zero attached hydrogens (tertiary/aromatic N) is 1. The number of ether oxygens (including phenoxy) is 1. The summed E-state index contributed by atoms with van der Waals surface area (Å²) in [7, 11) is -2.21. The Balaban J connectivity index is 1.60. The number of carbonyl (C=O) groups is 1. The summed E-state index contributed by atoms with van der Waals surface area (Å²) < 4.78 is 32.3. The Hall–Kier alpha value is -2.13. The Morgan fingerprint density at radius 3 is 2.62 bits per heavy atom. The van der Waals surface area contributed by atoms with E-state index in [2.05, 4.69) is 15.0 Å². The molecule has 1 aliphatic carbocycles. The van der Waals surface area contributed by atoms with E-state index in [1.807, 2.05) is 0 Å². The van der Waals surface area contributed by atoms with Crippen LogP contribution in [-0.4, -0.2) is 32.5 Å². The van der Waals surface area contributed by atoms with Crippen molar-refractivity contribution in [2.24, 2.45) is 0 Å². The highest BCUT2D eigenvalue weighted by atomic mass is 32.2. The summed E-state index contributed by atoms with van der Waals surface area (Å²) in [6.45, 7) is 0. The molecule has 0 spiro atoms. The van der Waals surface area contributed by atoms with Crippen LogP contribution in [0, 0.1) is 0 Å². The third kappa shape index (κ3) is 4.73. The Labute approximate surface area is 156 Å². The highest BCUT2D eigenvalue weighted by Gasteiger charge is 2.19. The standard InChI is InChI=1S/C17H21N3O4S2/c1-24-14-6-8-15(9-7-14)26(22,23)20-17-19-13(11-25-17)10-16(21)18-12-4-2-3-5-12/h6-9,11-12H,2-5,10H2,1H3,(H,18,21)(H,19,20). The fourth-order valence-corrected chi connectivity index (χ4v) is 4.84. The average molecular weight is 396 g/mol. The van der Waals surface area contributed by atoms with Gasteiger partial charge in [-0.25, -0.2) is 13.4 Å². The van der Waals surface area contributed by atoms with E-state index in [0.717, 1.165) is 37.0 Å². The van der Waals surface area contributed by atoms with Crippen molar-refractivity contribution in [3.63, 3.8) is 0 Å². The van der Waals surface area contributed by atoms with Crippen molar-refractivity contribution in [2.75, 3.05) is 11.8 Å². The van der Waals surface area contributed by atoms with E-state index in [4.69, 9.17) is 4.74 Å². The van der Waals surface area contributed by atoms with E-state index in [1.54, 1.807) is 17.5 Å². The molecule has 0 atom stereocenters. The van der Waals surface area contributed by atoms with Crippen LogP contribution in [0.15, 0.2) is 34.5 Å². The van der Waals surface area contributed by atoms with Crippen molar-refractivity contribution >= 4 is 32.4 Å². The molecule has 0 aliphatic heterocycles. The molecule has 9 heteroatoms. The normalized spacial score (nSPS) is 15.0. The molecule has 1 saturated carbocycles. The van der Waals surface area contributed by atoms with Gasteiger partial charge in [-0.05, 0) is 37.1 Å². The van der Waals surface area contributed by atoms with Crippen LogP contribution in [0.3, 0.4) is 0 Å². The number of amides is 1. The van der Waals surface area contributed by atoms with Gasteiger partial charge in [0.25, 0.3) is 10.0 Å². The van der Waals surface area contributed by atoms with Crippen molar-refractivity contribution in [1.82, 2.24) is 10.3 Å². The molecule has 1 aliphatic rings. The van der Waals surface area contributed by atoms with Crippen LogP contribution < -0.4 is 14.8 Å². The second-order valence-electron chi connectivity index (χ2n) is 6.15. The highest BCUT2D eigenvalue weighted by Crippen LogP contribution is 2.22. The number of benzene rings is 1. The first-order chi connectivity index (χ1) is 12.5. The van der Waals surface area contributed by atoms with Gasteiger partial charge in [0.2, 0.25) is 5.91 Å². The SMILES string of the molecule is COc1ccc(S(=O)(=O)Nc2nc(CC(=O)NC3CCCC3)cs2)cc1. The number of carbonyl (C=O) groups excluding carboxylic acids is 1. The van der Waals surface area contributed by atoms with Gasteiger partial charge in [0, 0.05) is 11.4 Å². The molecular formula is C17H21N3O4S2. The molecule has 0 radical (unpaired) electrons. The Bertz CT molecular complexity index is 856. The van der Waals surface area contributed by atoms with Crippen molar-refractivity contribution in [3.05, 3.63) is 35.3 Å². The van der Waals surface area contributed by atoms with Gasteiger partial charge >= 0.3 is 0 Å². The van der Waals surface area contributed by atoms with Crippen LogP contribution in [0.25, 0.3) is 0 Å². The summed E-state index contributed by atoms with van der Waals surface area (Å²) in [5, 5.41) is 4.93. The van der Waals surface area contributed by atoms with Gasteiger partial charge in [-0.15, -0.1) is 11.3 Å². The molecule has 1 aromatic carbocycles. The number of aromatic nitrogens is 1. The third-order valence-corrected chi connectivity index (χ3v) is 6.50. The topological polar surface area (TPSA) is 97.4 Å². The van der Waals surface area contributed by atoms with Gasteiger partial charge in [-0.2, -0.15) is 0 Å². The number of nitrogens with one attached hydrogen (secondary N) is 2. The molecule has 3 rings (SSSR count). The average Bonchev–Trinajstić information content (AvgIpc) is 3.26. The molecular weight excluding hydrogens is 374 g/mol. The molecule has 0 bridgehead atoms. The van der Waals surface area contributed by atoms with Crippen molar-refractivity contribution in [3.8, 4) is 5.75 Å². The number of sulfonamides is 1. The molecule has 1 heterocycles. The van der Waals surface area contributed by atoms with Gasteiger partial charge in [0.15, 0.2) is 5.13 Å². The van der Waals surface area contributed by atoms with Crippen LogP contribution in [0.2, 0.25) is 0 Å². The van der Waals surface area contributed by atoms with Gasteiger partial charge in [-0.1, -0.05) is 12.8 Å². The van der Waals surface area contributed by atoms with E-state index < -0.39 is 10.0 Å². The summed E-state index contributed by atoms with van der Waals surface area (Å²) in [5.41, 5.74) is 0.554. The number of hydrogen-bond acceptors (Lipinski definition) is 6. The molecule has 140 valence electrons. The minimum Gasteiger partial charge on any atom is -0.497 e. The van der Waals surface area contributed by atoms with Gasteiger partial charge in [-0.3, -0.25) is 9.52 Å². The summed E-state index contributed by atoms with van der Waals surface area (Å²) in [4.78, 5) is 16.4. The van der Waals surface area contributed by atoms with Crippen LogP contribution in [0.5, 0.6) is 5.75 Å². The van der Waals surface area contributed by atoms with Crippen LogP contribution >= 0.6 is 11.3 Å². The summed E-state index contributed by atoms with van der Waals surface area (Å²) >= 11 is 1.16. The smallest absolute Gasteiger partial charge is 0.263 e. The second-order valence-corrected chi connectivity index (χ2v) is 8.69. The summed E-state index contributed by atoms with van der Waals surface area (Å²) in [6.07, 6.45) is 4.50.